The molecule has 1 amide bonds. The minimum atomic E-state index is 0.0101. The standard InChI is InChI=1S/C13H26N2O2/c1-5-7-11-13(16)15(10(3)9-17-4)12(14-11)8-6-2/h10-12,14H,5-9H2,1-4H3. The summed E-state index contributed by atoms with van der Waals surface area (Å²) < 4.78 is 5.16. The third-order valence-corrected chi connectivity index (χ3v) is 3.30. The number of ether oxygens (including phenoxy) is 1. The molecule has 4 heteroatoms. The van der Waals surface area contributed by atoms with E-state index in [2.05, 4.69) is 26.1 Å². The summed E-state index contributed by atoms with van der Waals surface area (Å²) in [7, 11) is 1.68. The van der Waals surface area contributed by atoms with Crippen LogP contribution in [0.4, 0.5) is 0 Å². The van der Waals surface area contributed by atoms with Crippen molar-refractivity contribution in [3.8, 4) is 0 Å². The van der Waals surface area contributed by atoms with Crippen LogP contribution in [0.15, 0.2) is 0 Å². The normalized spacial score (nSPS) is 26.6. The summed E-state index contributed by atoms with van der Waals surface area (Å²) in [4.78, 5) is 14.3. The quantitative estimate of drug-likeness (QED) is 0.739. The maximum Gasteiger partial charge on any atom is 0.241 e. The number of nitrogens with one attached hydrogen (secondary N) is 1. The number of carbonyl (C=O) groups is 1. The van der Waals surface area contributed by atoms with Gasteiger partial charge in [-0.2, -0.15) is 0 Å². The van der Waals surface area contributed by atoms with Gasteiger partial charge in [-0.1, -0.05) is 26.7 Å². The van der Waals surface area contributed by atoms with Crippen molar-refractivity contribution in [1.82, 2.24) is 10.2 Å². The van der Waals surface area contributed by atoms with Gasteiger partial charge in [-0.25, -0.2) is 0 Å². The molecule has 17 heavy (non-hydrogen) atoms. The molecule has 1 aliphatic rings. The van der Waals surface area contributed by atoms with Crippen LogP contribution >= 0.6 is 0 Å². The molecule has 1 fully saturated rings. The highest BCUT2D eigenvalue weighted by molar-refractivity contribution is 5.84. The number of nitrogens with zero attached hydrogens (tertiary/aromatic N) is 1. The van der Waals surface area contributed by atoms with E-state index in [-0.39, 0.29) is 24.2 Å². The first kappa shape index (κ1) is 14.5. The maximum atomic E-state index is 12.3. The first-order valence-corrected chi connectivity index (χ1v) is 6.72. The number of amides is 1. The van der Waals surface area contributed by atoms with Gasteiger partial charge in [0.1, 0.15) is 0 Å². The van der Waals surface area contributed by atoms with Crippen LogP contribution in [0.1, 0.15) is 46.5 Å². The molecule has 0 spiro atoms. The predicted octanol–water partition coefficient (Wildman–Crippen LogP) is 1.75. The molecule has 1 heterocycles. The van der Waals surface area contributed by atoms with Crippen LogP contribution in [-0.2, 0) is 9.53 Å². The summed E-state index contributed by atoms with van der Waals surface area (Å²) in [6.07, 6.45) is 4.25. The van der Waals surface area contributed by atoms with E-state index >= 15 is 0 Å². The fourth-order valence-corrected chi connectivity index (χ4v) is 2.55. The van der Waals surface area contributed by atoms with Gasteiger partial charge in [0.05, 0.1) is 24.9 Å². The Balaban J connectivity index is 2.71. The number of hydrogen-bond acceptors (Lipinski definition) is 3. The van der Waals surface area contributed by atoms with Crippen LogP contribution in [0.3, 0.4) is 0 Å². The summed E-state index contributed by atoms with van der Waals surface area (Å²) in [6.45, 7) is 6.93. The van der Waals surface area contributed by atoms with Crippen molar-refractivity contribution in [2.45, 2.75) is 64.7 Å². The Kier molecular flexibility index (Phi) is 5.92. The second-order valence-electron chi connectivity index (χ2n) is 4.86. The van der Waals surface area contributed by atoms with Gasteiger partial charge in [0, 0.05) is 7.11 Å². The summed E-state index contributed by atoms with van der Waals surface area (Å²) in [5.74, 6) is 0.245. The highest BCUT2D eigenvalue weighted by atomic mass is 16.5. The van der Waals surface area contributed by atoms with Crippen molar-refractivity contribution in [1.29, 1.82) is 0 Å². The van der Waals surface area contributed by atoms with Crippen molar-refractivity contribution in [3.05, 3.63) is 0 Å². The van der Waals surface area contributed by atoms with Crippen molar-refractivity contribution in [2.75, 3.05) is 13.7 Å². The van der Waals surface area contributed by atoms with E-state index in [1.54, 1.807) is 7.11 Å². The maximum absolute atomic E-state index is 12.3. The lowest BCUT2D eigenvalue weighted by Gasteiger charge is -2.29. The zero-order valence-electron chi connectivity index (χ0n) is 11.5. The number of methoxy groups -OCH3 is 1. The second kappa shape index (κ2) is 6.97. The molecule has 1 saturated heterocycles. The lowest BCUT2D eigenvalue weighted by atomic mass is 10.1. The SMILES string of the molecule is CCCC1NC(CCC)N(C(C)COC)C1=O. The molecule has 3 atom stereocenters. The molecule has 0 aromatic carbocycles. The molecule has 1 aliphatic heterocycles. The molecule has 3 unspecified atom stereocenters. The molecule has 0 radical (unpaired) electrons. The Bertz CT molecular complexity index is 246. The molecule has 4 nitrogen and oxygen atoms in total. The number of carbonyl (C=O) groups excluding carboxylic acids is 1. The topological polar surface area (TPSA) is 41.6 Å². The summed E-state index contributed by atoms with van der Waals surface area (Å²) in [6, 6.07) is 0.161. The van der Waals surface area contributed by atoms with Crippen molar-refractivity contribution in [2.24, 2.45) is 0 Å². The van der Waals surface area contributed by atoms with E-state index in [4.69, 9.17) is 4.74 Å². The summed E-state index contributed by atoms with van der Waals surface area (Å²) >= 11 is 0. The number of hydrogen-bond donors (Lipinski definition) is 1. The third-order valence-electron chi connectivity index (χ3n) is 3.30. The largest absolute Gasteiger partial charge is 0.383 e. The Morgan fingerprint density at radius 1 is 1.35 bits per heavy atom. The van der Waals surface area contributed by atoms with Crippen molar-refractivity contribution < 1.29 is 9.53 Å². The van der Waals surface area contributed by atoms with Crippen molar-refractivity contribution in [3.63, 3.8) is 0 Å². The fourth-order valence-electron chi connectivity index (χ4n) is 2.55. The van der Waals surface area contributed by atoms with Gasteiger partial charge in [0.25, 0.3) is 0 Å². The first-order valence-electron chi connectivity index (χ1n) is 6.72. The molecule has 1 N–H and O–H groups in total. The van der Waals surface area contributed by atoms with Crippen LogP contribution < -0.4 is 5.32 Å². The van der Waals surface area contributed by atoms with E-state index < -0.39 is 0 Å². The summed E-state index contributed by atoms with van der Waals surface area (Å²) in [5.41, 5.74) is 0. The molecule has 0 aliphatic carbocycles. The van der Waals surface area contributed by atoms with Crippen LogP contribution in [0.5, 0.6) is 0 Å². The minimum Gasteiger partial charge on any atom is -0.383 e. The van der Waals surface area contributed by atoms with Gasteiger partial charge >= 0.3 is 0 Å². The molecular formula is C13H26N2O2. The molecule has 0 aromatic rings. The molecule has 0 aromatic heterocycles. The van der Waals surface area contributed by atoms with E-state index in [1.807, 2.05) is 4.90 Å². The van der Waals surface area contributed by atoms with Crippen LogP contribution in [0.2, 0.25) is 0 Å². The molecule has 0 saturated carbocycles. The Hall–Kier alpha value is -0.610. The van der Waals surface area contributed by atoms with Crippen LogP contribution in [0.25, 0.3) is 0 Å². The fraction of sp³-hybridized carbons (Fsp3) is 0.923. The lowest BCUT2D eigenvalue weighted by Crippen LogP contribution is -2.45. The average molecular weight is 242 g/mol. The van der Waals surface area contributed by atoms with Gasteiger partial charge < -0.3 is 9.64 Å². The van der Waals surface area contributed by atoms with Gasteiger partial charge in [0.15, 0.2) is 0 Å². The predicted molar refractivity (Wildman–Crippen MR) is 68.7 cm³/mol. The van der Waals surface area contributed by atoms with Gasteiger partial charge in [-0.15, -0.1) is 0 Å². The Morgan fingerprint density at radius 3 is 2.53 bits per heavy atom. The Labute approximate surface area is 105 Å². The zero-order valence-corrected chi connectivity index (χ0v) is 11.5. The molecule has 100 valence electrons. The van der Waals surface area contributed by atoms with E-state index in [9.17, 15) is 4.79 Å². The number of rotatable bonds is 7. The van der Waals surface area contributed by atoms with Gasteiger partial charge in [-0.05, 0) is 19.8 Å². The van der Waals surface area contributed by atoms with Gasteiger partial charge in [0.2, 0.25) is 5.91 Å². The van der Waals surface area contributed by atoms with E-state index in [1.165, 1.54) is 0 Å². The molecule has 1 rings (SSSR count). The van der Waals surface area contributed by atoms with E-state index in [0.717, 1.165) is 25.7 Å². The average Bonchev–Trinajstić information content (AvgIpc) is 2.57. The minimum absolute atomic E-state index is 0.0101. The first-order chi connectivity index (χ1) is 8.15. The second-order valence-corrected chi connectivity index (χ2v) is 4.86. The van der Waals surface area contributed by atoms with Gasteiger partial charge in [-0.3, -0.25) is 10.1 Å². The van der Waals surface area contributed by atoms with Crippen molar-refractivity contribution >= 4 is 5.91 Å². The molecule has 0 bridgehead atoms. The van der Waals surface area contributed by atoms with Crippen LogP contribution in [0, 0.1) is 0 Å². The zero-order chi connectivity index (χ0) is 12.8. The smallest absolute Gasteiger partial charge is 0.241 e. The molecular weight excluding hydrogens is 216 g/mol. The lowest BCUT2D eigenvalue weighted by molar-refractivity contribution is -0.133. The van der Waals surface area contributed by atoms with Crippen LogP contribution in [-0.4, -0.2) is 42.8 Å². The third kappa shape index (κ3) is 3.42. The highest BCUT2D eigenvalue weighted by Crippen LogP contribution is 2.20. The monoisotopic (exact) mass is 242 g/mol. The Morgan fingerprint density at radius 2 is 2.00 bits per heavy atom. The highest BCUT2D eigenvalue weighted by Gasteiger charge is 2.39. The van der Waals surface area contributed by atoms with E-state index in [0.29, 0.717) is 6.61 Å². The summed E-state index contributed by atoms with van der Waals surface area (Å²) in [5, 5.41) is 3.45.